The van der Waals surface area contributed by atoms with E-state index in [0.717, 1.165) is 24.8 Å². The second kappa shape index (κ2) is 4.02. The normalized spacial score (nSPS) is 17.4. The first-order chi connectivity index (χ1) is 7.95. The molecule has 0 spiro atoms. The van der Waals surface area contributed by atoms with Crippen LogP contribution in [0.5, 0.6) is 5.75 Å². The molecule has 0 bridgehead atoms. The summed E-state index contributed by atoms with van der Waals surface area (Å²) in [5.74, 6) is 0.367. The van der Waals surface area contributed by atoms with Crippen LogP contribution in [0.1, 0.15) is 37.8 Å². The van der Waals surface area contributed by atoms with Crippen LogP contribution in [0.3, 0.4) is 0 Å². The molecular formula is C13H17NO3. The van der Waals surface area contributed by atoms with Gasteiger partial charge in [0.15, 0.2) is 5.75 Å². The van der Waals surface area contributed by atoms with E-state index in [0.29, 0.717) is 5.75 Å². The number of nitrogens with zero attached hydrogens (tertiary/aromatic N) is 1. The number of hydrogen-bond acceptors (Lipinski definition) is 3. The first kappa shape index (κ1) is 11.9. The molecule has 1 aromatic carbocycles. The van der Waals surface area contributed by atoms with Crippen molar-refractivity contribution in [3.63, 3.8) is 0 Å². The summed E-state index contributed by atoms with van der Waals surface area (Å²) in [6.07, 6.45) is 3.18. The zero-order valence-corrected chi connectivity index (χ0v) is 10.4. The minimum absolute atomic E-state index is 0.0185. The second-order valence-corrected chi connectivity index (χ2v) is 5.18. The smallest absolute Gasteiger partial charge is 0.311 e. The van der Waals surface area contributed by atoms with Gasteiger partial charge in [-0.05, 0) is 41.9 Å². The maximum absolute atomic E-state index is 11.0. The lowest BCUT2D eigenvalue weighted by molar-refractivity contribution is -0.385. The van der Waals surface area contributed by atoms with Gasteiger partial charge in [-0.1, -0.05) is 13.8 Å². The van der Waals surface area contributed by atoms with Gasteiger partial charge in [0.2, 0.25) is 0 Å². The van der Waals surface area contributed by atoms with Gasteiger partial charge in [-0.25, -0.2) is 0 Å². The van der Waals surface area contributed by atoms with Crippen LogP contribution in [-0.4, -0.2) is 12.0 Å². The summed E-state index contributed by atoms with van der Waals surface area (Å²) < 4.78 is 5.10. The molecule has 0 saturated carbocycles. The summed E-state index contributed by atoms with van der Waals surface area (Å²) in [6, 6.07) is 3.52. The van der Waals surface area contributed by atoms with Crippen LogP contribution in [0, 0.1) is 10.1 Å². The highest BCUT2D eigenvalue weighted by atomic mass is 16.6. The van der Waals surface area contributed by atoms with Gasteiger partial charge in [0.1, 0.15) is 0 Å². The lowest BCUT2D eigenvalue weighted by atomic mass is 9.72. The predicted octanol–water partition coefficient (Wildman–Crippen LogP) is 3.22. The summed E-state index contributed by atoms with van der Waals surface area (Å²) in [6.45, 7) is 4.28. The van der Waals surface area contributed by atoms with Crippen LogP contribution in [0.4, 0.5) is 5.69 Å². The van der Waals surface area contributed by atoms with Crippen LogP contribution in [0.25, 0.3) is 0 Å². The number of nitro benzene ring substituents is 1. The minimum Gasteiger partial charge on any atom is -0.490 e. The topological polar surface area (TPSA) is 52.4 Å². The molecule has 0 heterocycles. The van der Waals surface area contributed by atoms with E-state index in [1.165, 1.54) is 12.7 Å². The SMILES string of the molecule is COc1cc2c(cc1[N+](=O)[O-])C(C)(C)CCC2. The van der Waals surface area contributed by atoms with Gasteiger partial charge in [0, 0.05) is 6.07 Å². The molecule has 0 aliphatic heterocycles. The Morgan fingerprint density at radius 2 is 2.12 bits per heavy atom. The molecule has 1 aromatic rings. The molecule has 92 valence electrons. The Labute approximate surface area is 101 Å². The average Bonchev–Trinajstić information content (AvgIpc) is 2.27. The number of ether oxygens (including phenoxy) is 1. The number of fused-ring (bicyclic) bond motifs is 1. The van der Waals surface area contributed by atoms with E-state index < -0.39 is 0 Å². The number of benzene rings is 1. The molecule has 4 nitrogen and oxygen atoms in total. The van der Waals surface area contributed by atoms with Crippen molar-refractivity contribution < 1.29 is 9.66 Å². The molecule has 0 N–H and O–H groups in total. The minimum atomic E-state index is -0.371. The highest BCUT2D eigenvalue weighted by Gasteiger charge is 2.31. The Balaban J connectivity index is 2.62. The van der Waals surface area contributed by atoms with Crippen molar-refractivity contribution >= 4 is 5.69 Å². The fraction of sp³-hybridized carbons (Fsp3) is 0.538. The Bertz CT molecular complexity index is 466. The van der Waals surface area contributed by atoms with Crippen molar-refractivity contribution in [1.82, 2.24) is 0 Å². The number of rotatable bonds is 2. The molecule has 2 rings (SSSR count). The summed E-state index contributed by atoms with van der Waals surface area (Å²) in [4.78, 5) is 10.6. The lowest BCUT2D eigenvalue weighted by Gasteiger charge is -2.32. The first-order valence-corrected chi connectivity index (χ1v) is 5.81. The van der Waals surface area contributed by atoms with Gasteiger partial charge in [-0.15, -0.1) is 0 Å². The van der Waals surface area contributed by atoms with Crippen molar-refractivity contribution in [1.29, 1.82) is 0 Å². The molecule has 17 heavy (non-hydrogen) atoms. The Morgan fingerprint density at radius 3 is 2.71 bits per heavy atom. The van der Waals surface area contributed by atoms with Crippen LogP contribution in [0.15, 0.2) is 12.1 Å². The van der Waals surface area contributed by atoms with E-state index in [4.69, 9.17) is 4.74 Å². The molecule has 0 radical (unpaired) electrons. The highest BCUT2D eigenvalue weighted by molar-refractivity contribution is 5.54. The third-order valence-electron chi connectivity index (χ3n) is 3.58. The standard InChI is InChI=1S/C13H17NO3/c1-13(2)6-4-5-9-7-12(17-3)11(14(15)16)8-10(9)13/h7-8H,4-6H2,1-3H3. The second-order valence-electron chi connectivity index (χ2n) is 5.18. The Hall–Kier alpha value is -1.58. The van der Waals surface area contributed by atoms with Crippen molar-refractivity contribution in [3.05, 3.63) is 33.4 Å². The fourth-order valence-electron chi connectivity index (χ4n) is 2.61. The summed E-state index contributed by atoms with van der Waals surface area (Å²) in [7, 11) is 1.47. The Kier molecular flexibility index (Phi) is 2.81. The zero-order chi connectivity index (χ0) is 12.6. The van der Waals surface area contributed by atoms with E-state index in [1.54, 1.807) is 6.07 Å². The quantitative estimate of drug-likeness (QED) is 0.584. The van der Waals surface area contributed by atoms with Gasteiger partial charge in [0.25, 0.3) is 0 Å². The number of hydrogen-bond donors (Lipinski definition) is 0. The molecular weight excluding hydrogens is 218 g/mol. The summed E-state index contributed by atoms with van der Waals surface area (Å²) >= 11 is 0. The first-order valence-electron chi connectivity index (χ1n) is 5.81. The van der Waals surface area contributed by atoms with E-state index in [-0.39, 0.29) is 16.0 Å². The van der Waals surface area contributed by atoms with E-state index in [9.17, 15) is 10.1 Å². The number of aryl methyl sites for hydroxylation is 1. The van der Waals surface area contributed by atoms with Gasteiger partial charge in [-0.2, -0.15) is 0 Å². The van der Waals surface area contributed by atoms with Crippen LogP contribution >= 0.6 is 0 Å². The fourth-order valence-corrected chi connectivity index (χ4v) is 2.61. The van der Waals surface area contributed by atoms with Crippen LogP contribution in [0.2, 0.25) is 0 Å². The predicted molar refractivity (Wildman–Crippen MR) is 65.6 cm³/mol. The monoisotopic (exact) mass is 235 g/mol. The van der Waals surface area contributed by atoms with Crippen LogP contribution < -0.4 is 4.74 Å². The van der Waals surface area contributed by atoms with Gasteiger partial charge in [0.05, 0.1) is 12.0 Å². The highest BCUT2D eigenvalue weighted by Crippen LogP contribution is 2.41. The summed E-state index contributed by atoms with van der Waals surface area (Å²) in [5, 5.41) is 11.0. The van der Waals surface area contributed by atoms with Gasteiger partial charge < -0.3 is 4.74 Å². The summed E-state index contributed by atoms with van der Waals surface area (Å²) in [5.41, 5.74) is 2.37. The third kappa shape index (κ3) is 1.99. The Morgan fingerprint density at radius 1 is 1.41 bits per heavy atom. The van der Waals surface area contributed by atoms with E-state index in [1.807, 2.05) is 6.07 Å². The maximum atomic E-state index is 11.0. The molecule has 0 saturated heterocycles. The molecule has 0 atom stereocenters. The molecule has 0 aromatic heterocycles. The third-order valence-corrected chi connectivity index (χ3v) is 3.58. The van der Waals surface area contributed by atoms with Gasteiger partial charge in [-0.3, -0.25) is 10.1 Å². The lowest BCUT2D eigenvalue weighted by Crippen LogP contribution is -2.24. The molecule has 0 unspecified atom stereocenters. The van der Waals surface area contributed by atoms with E-state index >= 15 is 0 Å². The van der Waals surface area contributed by atoms with Crippen molar-refractivity contribution in [2.45, 2.75) is 38.5 Å². The number of nitro groups is 1. The zero-order valence-electron chi connectivity index (χ0n) is 10.4. The molecule has 4 heteroatoms. The van der Waals surface area contributed by atoms with E-state index in [2.05, 4.69) is 13.8 Å². The molecule has 1 aliphatic carbocycles. The average molecular weight is 235 g/mol. The maximum Gasteiger partial charge on any atom is 0.311 e. The van der Waals surface area contributed by atoms with Crippen molar-refractivity contribution in [2.75, 3.05) is 7.11 Å². The number of methoxy groups -OCH3 is 1. The molecule has 1 aliphatic rings. The van der Waals surface area contributed by atoms with Crippen molar-refractivity contribution in [2.24, 2.45) is 0 Å². The van der Waals surface area contributed by atoms with Crippen molar-refractivity contribution in [3.8, 4) is 5.75 Å². The molecule has 0 fully saturated rings. The molecule has 0 amide bonds. The van der Waals surface area contributed by atoms with Gasteiger partial charge >= 0.3 is 5.69 Å². The largest absolute Gasteiger partial charge is 0.490 e. The van der Waals surface area contributed by atoms with Crippen LogP contribution in [-0.2, 0) is 11.8 Å².